The van der Waals surface area contributed by atoms with Crippen molar-refractivity contribution >= 4 is 43.5 Å². The third kappa shape index (κ3) is 4.26. The van der Waals surface area contributed by atoms with Crippen molar-refractivity contribution in [3.05, 3.63) is 151 Å². The lowest BCUT2D eigenvalue weighted by molar-refractivity contribution is 0.562. The molecule has 0 fully saturated rings. The summed E-state index contributed by atoms with van der Waals surface area (Å²) >= 11 is 0. The third-order valence-electron chi connectivity index (χ3n) is 8.79. The van der Waals surface area contributed by atoms with E-state index in [1.54, 1.807) is 0 Å². The molecule has 0 amide bonds. The molecule has 2 heterocycles. The predicted molar refractivity (Wildman–Crippen MR) is 189 cm³/mol. The lowest BCUT2D eigenvalue weighted by Crippen LogP contribution is -1.95. The molecular formula is C42H27N3O. The molecule has 0 radical (unpaired) electrons. The highest BCUT2D eigenvalue weighted by Gasteiger charge is 2.21. The number of hydrogen-bond donors (Lipinski definition) is 0. The molecular weight excluding hydrogens is 562 g/mol. The van der Waals surface area contributed by atoms with Crippen LogP contribution in [0.25, 0.3) is 88.4 Å². The molecule has 0 aliphatic carbocycles. The van der Waals surface area contributed by atoms with Gasteiger partial charge in [-0.3, -0.25) is 0 Å². The summed E-state index contributed by atoms with van der Waals surface area (Å²) in [6.45, 7) is 1.91. The lowest BCUT2D eigenvalue weighted by atomic mass is 9.86. The maximum absolute atomic E-state index is 6.34. The standard InChI is InChI=1S/C42H27N3O/c1-26-43-37-25-31-14-6-8-16-33(31)39(41(37)46-26)38-32-15-7-5-11-27(32)23-24-34(38)28-19-21-29(22-20-28)40-35-17-9-10-18-36(35)44-42(45-40)30-12-3-2-4-13-30/h2-25H,1H3. The Morgan fingerprint density at radius 2 is 1.11 bits per heavy atom. The highest BCUT2D eigenvalue weighted by atomic mass is 16.3. The molecule has 7 aromatic carbocycles. The second kappa shape index (κ2) is 10.5. The summed E-state index contributed by atoms with van der Waals surface area (Å²) in [7, 11) is 0. The lowest BCUT2D eigenvalue weighted by Gasteiger charge is -2.17. The number of fused-ring (bicyclic) bond motifs is 4. The summed E-state index contributed by atoms with van der Waals surface area (Å²) in [6.07, 6.45) is 0. The van der Waals surface area contributed by atoms with Gasteiger partial charge in [0.05, 0.1) is 11.2 Å². The minimum absolute atomic E-state index is 0.657. The predicted octanol–water partition coefficient (Wildman–Crippen LogP) is 11.1. The largest absolute Gasteiger partial charge is 0.440 e. The van der Waals surface area contributed by atoms with Crippen molar-refractivity contribution in [1.29, 1.82) is 0 Å². The van der Waals surface area contributed by atoms with Crippen LogP contribution in [0.3, 0.4) is 0 Å². The highest BCUT2D eigenvalue weighted by Crippen LogP contribution is 2.45. The zero-order chi connectivity index (χ0) is 30.6. The third-order valence-corrected chi connectivity index (χ3v) is 8.79. The van der Waals surface area contributed by atoms with Gasteiger partial charge in [0, 0.05) is 34.6 Å². The second-order valence-corrected chi connectivity index (χ2v) is 11.6. The topological polar surface area (TPSA) is 51.8 Å². The minimum atomic E-state index is 0.657. The van der Waals surface area contributed by atoms with Crippen molar-refractivity contribution in [2.24, 2.45) is 0 Å². The monoisotopic (exact) mass is 589 g/mol. The average molecular weight is 590 g/mol. The van der Waals surface area contributed by atoms with Crippen LogP contribution in [-0.2, 0) is 0 Å². The van der Waals surface area contributed by atoms with E-state index in [0.717, 1.165) is 77.7 Å². The summed E-state index contributed by atoms with van der Waals surface area (Å²) in [4.78, 5) is 14.7. The average Bonchev–Trinajstić information content (AvgIpc) is 3.49. The number of aromatic nitrogens is 3. The Balaban J connectivity index is 1.27. The Labute approximate surface area is 265 Å². The minimum Gasteiger partial charge on any atom is -0.440 e. The quantitative estimate of drug-likeness (QED) is 0.205. The molecule has 46 heavy (non-hydrogen) atoms. The number of rotatable bonds is 4. The van der Waals surface area contributed by atoms with Crippen LogP contribution in [0.5, 0.6) is 0 Å². The summed E-state index contributed by atoms with van der Waals surface area (Å²) in [5, 5.41) is 5.65. The maximum Gasteiger partial charge on any atom is 0.192 e. The zero-order valence-electron chi connectivity index (χ0n) is 25.1. The van der Waals surface area contributed by atoms with Crippen molar-refractivity contribution < 1.29 is 4.42 Å². The van der Waals surface area contributed by atoms with E-state index in [0.29, 0.717) is 5.89 Å². The fourth-order valence-corrected chi connectivity index (χ4v) is 6.69. The molecule has 0 aliphatic rings. The maximum atomic E-state index is 6.34. The number of benzene rings is 7. The van der Waals surface area contributed by atoms with Gasteiger partial charge in [0.2, 0.25) is 0 Å². The van der Waals surface area contributed by atoms with E-state index in [-0.39, 0.29) is 0 Å². The summed E-state index contributed by atoms with van der Waals surface area (Å²) in [5.74, 6) is 1.38. The van der Waals surface area contributed by atoms with Gasteiger partial charge in [0.15, 0.2) is 17.3 Å². The van der Waals surface area contributed by atoms with E-state index < -0.39 is 0 Å². The zero-order valence-corrected chi connectivity index (χ0v) is 25.1. The van der Waals surface area contributed by atoms with E-state index in [9.17, 15) is 0 Å². The van der Waals surface area contributed by atoms with Crippen molar-refractivity contribution in [3.63, 3.8) is 0 Å². The van der Waals surface area contributed by atoms with Gasteiger partial charge >= 0.3 is 0 Å². The van der Waals surface area contributed by atoms with Gasteiger partial charge in [-0.2, -0.15) is 0 Å². The van der Waals surface area contributed by atoms with E-state index in [2.05, 4.69) is 115 Å². The fourth-order valence-electron chi connectivity index (χ4n) is 6.69. The molecule has 0 N–H and O–H groups in total. The Kier molecular flexibility index (Phi) is 6.00. The molecule has 2 aromatic heterocycles. The van der Waals surface area contributed by atoms with Crippen LogP contribution in [0.2, 0.25) is 0 Å². The number of para-hydroxylation sites is 1. The highest BCUT2D eigenvalue weighted by molar-refractivity contribution is 6.17. The molecule has 0 bridgehead atoms. The Morgan fingerprint density at radius 1 is 0.457 bits per heavy atom. The van der Waals surface area contributed by atoms with E-state index in [1.807, 2.05) is 37.3 Å². The summed E-state index contributed by atoms with van der Waals surface area (Å²) in [6, 6.07) is 50.8. The Morgan fingerprint density at radius 3 is 1.91 bits per heavy atom. The Bertz CT molecular complexity index is 2590. The van der Waals surface area contributed by atoms with Gasteiger partial charge in [-0.05, 0) is 44.8 Å². The van der Waals surface area contributed by atoms with E-state index in [1.165, 1.54) is 10.8 Å². The molecule has 9 aromatic rings. The van der Waals surface area contributed by atoms with Crippen molar-refractivity contribution in [1.82, 2.24) is 15.0 Å². The van der Waals surface area contributed by atoms with Gasteiger partial charge in [0.25, 0.3) is 0 Å². The number of hydrogen-bond acceptors (Lipinski definition) is 4. The first-order valence-corrected chi connectivity index (χ1v) is 15.5. The summed E-state index contributed by atoms with van der Waals surface area (Å²) in [5.41, 5.74) is 10.0. The van der Waals surface area contributed by atoms with Crippen molar-refractivity contribution in [2.45, 2.75) is 6.92 Å². The molecule has 4 nitrogen and oxygen atoms in total. The number of aryl methyl sites for hydroxylation is 1. The van der Waals surface area contributed by atoms with Crippen LogP contribution < -0.4 is 0 Å². The van der Waals surface area contributed by atoms with Crippen LogP contribution in [0.15, 0.2) is 150 Å². The van der Waals surface area contributed by atoms with Crippen LogP contribution in [-0.4, -0.2) is 15.0 Å². The van der Waals surface area contributed by atoms with Crippen LogP contribution in [0, 0.1) is 6.92 Å². The second-order valence-electron chi connectivity index (χ2n) is 11.6. The van der Waals surface area contributed by atoms with E-state index in [4.69, 9.17) is 19.4 Å². The van der Waals surface area contributed by atoms with Gasteiger partial charge < -0.3 is 4.42 Å². The van der Waals surface area contributed by atoms with Crippen molar-refractivity contribution in [3.8, 4) is 44.9 Å². The molecule has 4 heteroatoms. The summed E-state index contributed by atoms with van der Waals surface area (Å²) < 4.78 is 6.34. The van der Waals surface area contributed by atoms with Crippen molar-refractivity contribution in [2.75, 3.05) is 0 Å². The Hall–Kier alpha value is -6.13. The molecule has 0 unspecified atom stereocenters. The molecule has 0 saturated heterocycles. The van der Waals surface area contributed by atoms with E-state index >= 15 is 0 Å². The smallest absolute Gasteiger partial charge is 0.192 e. The number of oxazole rings is 1. The van der Waals surface area contributed by atoms with Crippen LogP contribution in [0.1, 0.15) is 5.89 Å². The fraction of sp³-hybridized carbons (Fsp3) is 0.0238. The molecule has 216 valence electrons. The molecule has 0 atom stereocenters. The first-order chi connectivity index (χ1) is 22.7. The number of nitrogens with zero attached hydrogens (tertiary/aromatic N) is 3. The molecule has 0 saturated carbocycles. The van der Waals surface area contributed by atoms with Gasteiger partial charge in [-0.15, -0.1) is 0 Å². The first kappa shape index (κ1) is 26.3. The molecule has 0 spiro atoms. The van der Waals surface area contributed by atoms with Gasteiger partial charge in [-0.1, -0.05) is 133 Å². The first-order valence-electron chi connectivity index (χ1n) is 15.5. The van der Waals surface area contributed by atoms with Crippen LogP contribution in [0.4, 0.5) is 0 Å². The van der Waals surface area contributed by atoms with Crippen LogP contribution >= 0.6 is 0 Å². The molecule has 0 aliphatic heterocycles. The van der Waals surface area contributed by atoms with Gasteiger partial charge in [-0.25, -0.2) is 15.0 Å². The molecule has 9 rings (SSSR count). The SMILES string of the molecule is Cc1nc2cc3ccccc3c(-c3c(-c4ccc(-c5nc(-c6ccccc6)nc6ccccc56)cc4)ccc4ccccc34)c2o1. The van der Waals surface area contributed by atoms with Gasteiger partial charge in [0.1, 0.15) is 5.52 Å². The normalized spacial score (nSPS) is 11.6.